The van der Waals surface area contributed by atoms with Crippen molar-refractivity contribution in [1.29, 1.82) is 0 Å². The Kier molecular flexibility index (Phi) is 5.31. The van der Waals surface area contributed by atoms with Crippen molar-refractivity contribution in [2.24, 2.45) is 0 Å². The fraction of sp³-hybridized carbons (Fsp3) is 0.222. The van der Waals surface area contributed by atoms with Crippen molar-refractivity contribution in [3.8, 4) is 0 Å². The molecule has 0 bridgehead atoms. The second kappa shape index (κ2) is 7.41. The molecule has 0 aromatic heterocycles. The summed E-state index contributed by atoms with van der Waals surface area (Å²) in [5.41, 5.74) is 3.44. The fourth-order valence-corrected chi connectivity index (χ4v) is 2.03. The van der Waals surface area contributed by atoms with E-state index in [9.17, 15) is 9.59 Å². The third kappa shape index (κ3) is 4.74. The van der Waals surface area contributed by atoms with Crippen molar-refractivity contribution in [3.05, 3.63) is 59.7 Å². The standard InChI is InChI=1S/C18H20N2O2/c1-13-6-8-16(9-7-13)19-11-10-18(22)20-17-5-3-4-15(12-17)14(2)21/h3-9,12,19H,10-11H2,1-2H3,(H,20,22). The molecule has 2 rings (SSSR count). The van der Waals surface area contributed by atoms with E-state index >= 15 is 0 Å². The molecular formula is C18H20N2O2. The summed E-state index contributed by atoms with van der Waals surface area (Å²) in [6.07, 6.45) is 0.359. The van der Waals surface area contributed by atoms with E-state index in [4.69, 9.17) is 0 Å². The summed E-state index contributed by atoms with van der Waals surface area (Å²) in [6, 6.07) is 15.0. The lowest BCUT2D eigenvalue weighted by Gasteiger charge is -2.08. The van der Waals surface area contributed by atoms with Gasteiger partial charge in [0.2, 0.25) is 5.91 Å². The number of benzene rings is 2. The van der Waals surface area contributed by atoms with Crippen LogP contribution in [0.25, 0.3) is 0 Å². The molecule has 0 saturated carbocycles. The van der Waals surface area contributed by atoms with Crippen molar-refractivity contribution in [2.75, 3.05) is 17.2 Å². The number of anilines is 2. The Morgan fingerprint density at radius 1 is 1.00 bits per heavy atom. The van der Waals surface area contributed by atoms with Crippen LogP contribution in [0.5, 0.6) is 0 Å². The summed E-state index contributed by atoms with van der Waals surface area (Å²) in [6.45, 7) is 4.10. The van der Waals surface area contributed by atoms with Crippen LogP contribution >= 0.6 is 0 Å². The van der Waals surface area contributed by atoms with Crippen molar-refractivity contribution < 1.29 is 9.59 Å². The maximum atomic E-state index is 11.9. The summed E-state index contributed by atoms with van der Waals surface area (Å²) >= 11 is 0. The highest BCUT2D eigenvalue weighted by molar-refractivity contribution is 5.97. The first-order valence-electron chi connectivity index (χ1n) is 7.26. The smallest absolute Gasteiger partial charge is 0.226 e. The maximum Gasteiger partial charge on any atom is 0.226 e. The molecule has 22 heavy (non-hydrogen) atoms. The second-order valence-electron chi connectivity index (χ2n) is 5.23. The van der Waals surface area contributed by atoms with Crippen LogP contribution in [-0.4, -0.2) is 18.2 Å². The van der Waals surface area contributed by atoms with E-state index in [0.717, 1.165) is 5.69 Å². The molecule has 0 unspecified atom stereocenters. The van der Waals surface area contributed by atoms with Crippen LogP contribution in [-0.2, 0) is 4.79 Å². The predicted molar refractivity (Wildman–Crippen MR) is 89.4 cm³/mol. The monoisotopic (exact) mass is 296 g/mol. The number of amides is 1. The Bertz CT molecular complexity index is 663. The summed E-state index contributed by atoms with van der Waals surface area (Å²) in [4.78, 5) is 23.2. The molecule has 0 heterocycles. The summed E-state index contributed by atoms with van der Waals surface area (Å²) < 4.78 is 0. The Morgan fingerprint density at radius 3 is 2.41 bits per heavy atom. The van der Waals surface area contributed by atoms with Gasteiger partial charge in [-0.2, -0.15) is 0 Å². The predicted octanol–water partition coefficient (Wildman–Crippen LogP) is 3.64. The molecule has 0 atom stereocenters. The summed E-state index contributed by atoms with van der Waals surface area (Å²) in [5, 5.41) is 6.00. The van der Waals surface area contributed by atoms with Crippen LogP contribution in [0, 0.1) is 6.92 Å². The van der Waals surface area contributed by atoms with Crippen molar-refractivity contribution in [1.82, 2.24) is 0 Å². The maximum absolute atomic E-state index is 11.9. The van der Waals surface area contributed by atoms with Gasteiger partial charge in [-0.05, 0) is 38.1 Å². The van der Waals surface area contributed by atoms with Gasteiger partial charge in [0, 0.05) is 29.9 Å². The molecule has 4 nitrogen and oxygen atoms in total. The molecule has 0 saturated heterocycles. The van der Waals surface area contributed by atoms with Crippen molar-refractivity contribution in [3.63, 3.8) is 0 Å². The van der Waals surface area contributed by atoms with Gasteiger partial charge in [-0.25, -0.2) is 0 Å². The molecule has 2 aromatic rings. The minimum atomic E-state index is -0.0830. The molecule has 0 aliphatic carbocycles. The summed E-state index contributed by atoms with van der Waals surface area (Å²) in [5.74, 6) is -0.0996. The average molecular weight is 296 g/mol. The molecule has 4 heteroatoms. The van der Waals surface area contributed by atoms with Gasteiger partial charge >= 0.3 is 0 Å². The third-order valence-electron chi connectivity index (χ3n) is 3.29. The molecule has 0 fully saturated rings. The number of hydrogen-bond donors (Lipinski definition) is 2. The first-order valence-corrected chi connectivity index (χ1v) is 7.26. The minimum absolute atomic E-state index is 0.0165. The quantitative estimate of drug-likeness (QED) is 0.800. The number of aryl methyl sites for hydroxylation is 1. The van der Waals surface area contributed by atoms with Gasteiger partial charge in [0.05, 0.1) is 0 Å². The Balaban J connectivity index is 1.81. The van der Waals surface area contributed by atoms with Gasteiger partial charge in [-0.15, -0.1) is 0 Å². The van der Waals surface area contributed by atoms with Crippen LogP contribution in [0.3, 0.4) is 0 Å². The normalized spacial score (nSPS) is 10.1. The molecular weight excluding hydrogens is 276 g/mol. The van der Waals surface area contributed by atoms with E-state index < -0.39 is 0 Å². The second-order valence-corrected chi connectivity index (χ2v) is 5.23. The van der Waals surface area contributed by atoms with Crippen molar-refractivity contribution >= 4 is 23.1 Å². The lowest BCUT2D eigenvalue weighted by Crippen LogP contribution is -2.16. The molecule has 2 N–H and O–H groups in total. The molecule has 0 radical (unpaired) electrons. The highest BCUT2D eigenvalue weighted by Crippen LogP contribution is 2.12. The van der Waals surface area contributed by atoms with Gasteiger partial charge in [0.25, 0.3) is 0 Å². The van der Waals surface area contributed by atoms with Crippen LogP contribution in [0.2, 0.25) is 0 Å². The number of Topliss-reactive ketones (excluding diaryl/α,β-unsaturated/α-hetero) is 1. The summed E-state index contributed by atoms with van der Waals surface area (Å²) in [7, 11) is 0. The zero-order chi connectivity index (χ0) is 15.9. The van der Waals surface area contributed by atoms with E-state index in [1.165, 1.54) is 12.5 Å². The van der Waals surface area contributed by atoms with Gasteiger partial charge in [-0.3, -0.25) is 9.59 Å². The zero-order valence-corrected chi connectivity index (χ0v) is 12.8. The Morgan fingerprint density at radius 2 is 1.73 bits per heavy atom. The number of carbonyl (C=O) groups excluding carboxylic acids is 2. The molecule has 0 spiro atoms. The Hall–Kier alpha value is -2.62. The van der Waals surface area contributed by atoms with E-state index in [0.29, 0.717) is 24.2 Å². The van der Waals surface area contributed by atoms with E-state index in [2.05, 4.69) is 10.6 Å². The highest BCUT2D eigenvalue weighted by atomic mass is 16.1. The first kappa shape index (κ1) is 15.8. The molecule has 0 aliphatic heterocycles. The highest BCUT2D eigenvalue weighted by Gasteiger charge is 2.04. The average Bonchev–Trinajstić information content (AvgIpc) is 2.49. The van der Waals surface area contributed by atoms with Gasteiger partial charge in [0.1, 0.15) is 0 Å². The van der Waals surface area contributed by atoms with Crippen LogP contribution < -0.4 is 10.6 Å². The minimum Gasteiger partial charge on any atom is -0.385 e. The molecule has 2 aromatic carbocycles. The molecule has 1 amide bonds. The van der Waals surface area contributed by atoms with Gasteiger partial charge in [-0.1, -0.05) is 29.8 Å². The molecule has 0 aliphatic rings. The number of ketones is 1. The van der Waals surface area contributed by atoms with Gasteiger partial charge in [0.15, 0.2) is 5.78 Å². The van der Waals surface area contributed by atoms with Crippen LogP contribution in [0.1, 0.15) is 29.3 Å². The number of carbonyl (C=O) groups is 2. The zero-order valence-electron chi connectivity index (χ0n) is 12.8. The third-order valence-corrected chi connectivity index (χ3v) is 3.29. The first-order chi connectivity index (χ1) is 10.5. The number of hydrogen-bond acceptors (Lipinski definition) is 3. The lowest BCUT2D eigenvalue weighted by molar-refractivity contribution is -0.115. The topological polar surface area (TPSA) is 58.2 Å². The number of nitrogens with one attached hydrogen (secondary N) is 2. The van der Waals surface area contributed by atoms with E-state index in [-0.39, 0.29) is 11.7 Å². The van der Waals surface area contributed by atoms with Gasteiger partial charge < -0.3 is 10.6 Å². The molecule has 114 valence electrons. The SMILES string of the molecule is CC(=O)c1cccc(NC(=O)CCNc2ccc(C)cc2)c1. The van der Waals surface area contributed by atoms with E-state index in [1.54, 1.807) is 24.3 Å². The lowest BCUT2D eigenvalue weighted by atomic mass is 10.1. The Labute approximate surface area is 130 Å². The van der Waals surface area contributed by atoms with Crippen molar-refractivity contribution in [2.45, 2.75) is 20.3 Å². The fourth-order valence-electron chi connectivity index (χ4n) is 2.03. The van der Waals surface area contributed by atoms with Crippen LogP contribution in [0.15, 0.2) is 48.5 Å². The van der Waals surface area contributed by atoms with Crippen LogP contribution in [0.4, 0.5) is 11.4 Å². The number of rotatable bonds is 6. The largest absolute Gasteiger partial charge is 0.385 e. The van der Waals surface area contributed by atoms with E-state index in [1.807, 2.05) is 31.2 Å².